The van der Waals surface area contributed by atoms with Gasteiger partial charge in [0.05, 0.1) is 6.61 Å². The maximum Gasteiger partial charge on any atom is 0.122 e. The molecule has 17 heavy (non-hydrogen) atoms. The van der Waals surface area contributed by atoms with Crippen LogP contribution in [0, 0.1) is 11.8 Å². The van der Waals surface area contributed by atoms with Gasteiger partial charge in [0.1, 0.15) is 5.75 Å². The molecule has 3 N–H and O–H groups in total. The SMILES string of the molecule is NNC(C1CCC1)C1COc2ccccc2C1. The minimum Gasteiger partial charge on any atom is -0.493 e. The first-order valence-corrected chi connectivity index (χ1v) is 6.55. The summed E-state index contributed by atoms with van der Waals surface area (Å²) < 4.78 is 5.84. The lowest BCUT2D eigenvalue weighted by atomic mass is 9.73. The Balaban J connectivity index is 1.73. The summed E-state index contributed by atoms with van der Waals surface area (Å²) in [4.78, 5) is 0. The van der Waals surface area contributed by atoms with Crippen LogP contribution in [0.25, 0.3) is 0 Å². The van der Waals surface area contributed by atoms with Crippen molar-refractivity contribution in [3.8, 4) is 5.75 Å². The zero-order valence-electron chi connectivity index (χ0n) is 10.1. The molecule has 1 aromatic rings. The topological polar surface area (TPSA) is 47.3 Å². The van der Waals surface area contributed by atoms with E-state index >= 15 is 0 Å². The lowest BCUT2D eigenvalue weighted by molar-refractivity contribution is 0.117. The molecule has 2 atom stereocenters. The number of hydrazine groups is 1. The molecule has 3 heteroatoms. The molecule has 92 valence electrons. The highest BCUT2D eigenvalue weighted by atomic mass is 16.5. The third kappa shape index (κ3) is 2.05. The zero-order chi connectivity index (χ0) is 11.7. The summed E-state index contributed by atoms with van der Waals surface area (Å²) in [5.41, 5.74) is 4.35. The van der Waals surface area contributed by atoms with Gasteiger partial charge in [-0.3, -0.25) is 11.3 Å². The van der Waals surface area contributed by atoms with Crippen molar-refractivity contribution in [2.75, 3.05) is 6.61 Å². The molecule has 0 amide bonds. The van der Waals surface area contributed by atoms with Crippen molar-refractivity contribution >= 4 is 0 Å². The number of para-hydroxylation sites is 1. The van der Waals surface area contributed by atoms with Gasteiger partial charge in [-0.1, -0.05) is 24.6 Å². The van der Waals surface area contributed by atoms with E-state index in [-0.39, 0.29) is 0 Å². The first-order valence-electron chi connectivity index (χ1n) is 6.55. The average molecular weight is 232 g/mol. The number of nitrogens with two attached hydrogens (primary N) is 1. The highest BCUT2D eigenvalue weighted by molar-refractivity contribution is 5.35. The van der Waals surface area contributed by atoms with Gasteiger partial charge < -0.3 is 4.74 Å². The number of benzene rings is 1. The predicted octanol–water partition coefficient (Wildman–Crippen LogP) is 1.87. The Hall–Kier alpha value is -1.06. The van der Waals surface area contributed by atoms with Crippen LogP contribution in [0.15, 0.2) is 24.3 Å². The minimum absolute atomic E-state index is 0.414. The summed E-state index contributed by atoms with van der Waals surface area (Å²) in [6.45, 7) is 0.794. The van der Waals surface area contributed by atoms with Crippen LogP contribution in [0.3, 0.4) is 0 Å². The van der Waals surface area contributed by atoms with Crippen LogP contribution in [0.2, 0.25) is 0 Å². The second kappa shape index (κ2) is 4.67. The van der Waals surface area contributed by atoms with Gasteiger partial charge in [-0.15, -0.1) is 0 Å². The van der Waals surface area contributed by atoms with E-state index in [1.807, 2.05) is 6.07 Å². The minimum atomic E-state index is 0.414. The van der Waals surface area contributed by atoms with E-state index in [0.29, 0.717) is 12.0 Å². The van der Waals surface area contributed by atoms with E-state index in [0.717, 1.165) is 24.7 Å². The summed E-state index contributed by atoms with van der Waals surface area (Å²) in [5.74, 6) is 8.04. The second-order valence-electron chi connectivity index (χ2n) is 5.27. The molecule has 0 saturated heterocycles. The molecule has 0 bridgehead atoms. The van der Waals surface area contributed by atoms with Crippen molar-refractivity contribution in [2.45, 2.75) is 31.7 Å². The monoisotopic (exact) mass is 232 g/mol. The largest absolute Gasteiger partial charge is 0.493 e. The third-order valence-corrected chi connectivity index (χ3v) is 4.27. The van der Waals surface area contributed by atoms with Gasteiger partial charge in [-0.2, -0.15) is 0 Å². The van der Waals surface area contributed by atoms with Crippen LogP contribution in [0.4, 0.5) is 0 Å². The molecule has 3 rings (SSSR count). The van der Waals surface area contributed by atoms with Crippen LogP contribution >= 0.6 is 0 Å². The molecular formula is C14H20N2O. The Morgan fingerprint density at radius 1 is 1.24 bits per heavy atom. The Morgan fingerprint density at radius 3 is 2.76 bits per heavy atom. The van der Waals surface area contributed by atoms with E-state index < -0.39 is 0 Å². The Morgan fingerprint density at radius 2 is 2.06 bits per heavy atom. The summed E-state index contributed by atoms with van der Waals surface area (Å²) in [5, 5.41) is 0. The first-order chi connectivity index (χ1) is 8.38. The molecule has 1 aliphatic carbocycles. The van der Waals surface area contributed by atoms with Crippen molar-refractivity contribution in [3.63, 3.8) is 0 Å². The number of nitrogens with one attached hydrogen (secondary N) is 1. The van der Waals surface area contributed by atoms with Crippen LogP contribution in [-0.2, 0) is 6.42 Å². The fourth-order valence-corrected chi connectivity index (χ4v) is 3.04. The van der Waals surface area contributed by atoms with Gasteiger partial charge in [-0.05, 0) is 36.8 Å². The van der Waals surface area contributed by atoms with Crippen molar-refractivity contribution in [1.82, 2.24) is 5.43 Å². The molecule has 1 heterocycles. The van der Waals surface area contributed by atoms with Gasteiger partial charge in [-0.25, -0.2) is 0 Å². The van der Waals surface area contributed by atoms with Crippen LogP contribution < -0.4 is 16.0 Å². The molecule has 2 unspecified atom stereocenters. The molecule has 1 aromatic carbocycles. The molecule has 1 saturated carbocycles. The molecule has 1 aliphatic heterocycles. The fraction of sp³-hybridized carbons (Fsp3) is 0.571. The van der Waals surface area contributed by atoms with Gasteiger partial charge in [0.25, 0.3) is 0 Å². The molecule has 1 fully saturated rings. The summed E-state index contributed by atoms with van der Waals surface area (Å²) in [6.07, 6.45) is 5.06. The molecule has 0 spiro atoms. The number of hydrogen-bond acceptors (Lipinski definition) is 3. The molecule has 2 aliphatic rings. The van der Waals surface area contributed by atoms with Crippen LogP contribution in [-0.4, -0.2) is 12.6 Å². The standard InChI is InChI=1S/C14H20N2O/c15-16-14(10-5-3-6-10)12-8-11-4-1-2-7-13(11)17-9-12/h1-2,4,7,10,12,14,16H,3,5-6,8-9,15H2. The van der Waals surface area contributed by atoms with Crippen molar-refractivity contribution in [1.29, 1.82) is 0 Å². The smallest absolute Gasteiger partial charge is 0.122 e. The third-order valence-electron chi connectivity index (χ3n) is 4.27. The lowest BCUT2D eigenvalue weighted by Crippen LogP contribution is -2.51. The Labute approximate surface area is 102 Å². The van der Waals surface area contributed by atoms with E-state index in [1.54, 1.807) is 0 Å². The Kier molecular flexibility index (Phi) is 3.04. The van der Waals surface area contributed by atoms with Gasteiger partial charge in [0.15, 0.2) is 0 Å². The number of hydrogen-bond donors (Lipinski definition) is 2. The summed E-state index contributed by atoms with van der Waals surface area (Å²) >= 11 is 0. The van der Waals surface area contributed by atoms with Crippen molar-refractivity contribution in [2.24, 2.45) is 17.7 Å². The Bertz CT molecular complexity index is 390. The average Bonchev–Trinajstić information content (AvgIpc) is 2.33. The normalized spacial score (nSPS) is 25.6. The zero-order valence-corrected chi connectivity index (χ0v) is 10.1. The highest BCUT2D eigenvalue weighted by Crippen LogP contribution is 2.36. The molecular weight excluding hydrogens is 212 g/mol. The predicted molar refractivity (Wildman–Crippen MR) is 67.6 cm³/mol. The van der Waals surface area contributed by atoms with E-state index in [4.69, 9.17) is 10.6 Å². The fourth-order valence-electron chi connectivity index (χ4n) is 3.04. The highest BCUT2D eigenvalue weighted by Gasteiger charge is 2.34. The first kappa shape index (κ1) is 11.1. The number of ether oxygens (including phenoxy) is 1. The number of rotatable bonds is 3. The summed E-state index contributed by atoms with van der Waals surface area (Å²) in [7, 11) is 0. The van der Waals surface area contributed by atoms with E-state index in [9.17, 15) is 0 Å². The van der Waals surface area contributed by atoms with E-state index in [1.165, 1.54) is 24.8 Å². The van der Waals surface area contributed by atoms with E-state index in [2.05, 4.69) is 23.6 Å². The van der Waals surface area contributed by atoms with Gasteiger partial charge in [0.2, 0.25) is 0 Å². The molecule has 0 aromatic heterocycles. The molecule has 0 radical (unpaired) electrons. The number of fused-ring (bicyclic) bond motifs is 1. The van der Waals surface area contributed by atoms with Crippen LogP contribution in [0.1, 0.15) is 24.8 Å². The quantitative estimate of drug-likeness (QED) is 0.618. The van der Waals surface area contributed by atoms with Gasteiger partial charge in [0, 0.05) is 12.0 Å². The van der Waals surface area contributed by atoms with Crippen molar-refractivity contribution < 1.29 is 4.74 Å². The maximum atomic E-state index is 5.84. The van der Waals surface area contributed by atoms with Crippen LogP contribution in [0.5, 0.6) is 5.75 Å². The maximum absolute atomic E-state index is 5.84. The lowest BCUT2D eigenvalue weighted by Gasteiger charge is -2.39. The van der Waals surface area contributed by atoms with Gasteiger partial charge >= 0.3 is 0 Å². The molecule has 3 nitrogen and oxygen atoms in total. The summed E-state index contributed by atoms with van der Waals surface area (Å²) in [6, 6.07) is 8.75. The van der Waals surface area contributed by atoms with Crippen molar-refractivity contribution in [3.05, 3.63) is 29.8 Å². The second-order valence-corrected chi connectivity index (χ2v) is 5.27.